The largest absolute Gasteiger partial charge is 0.573 e. The van der Waals surface area contributed by atoms with Crippen LogP contribution < -0.4 is 10.1 Å². The average molecular weight is 297 g/mol. The van der Waals surface area contributed by atoms with E-state index in [0.29, 0.717) is 12.2 Å². The molecular formula is C14H14F3N3O. The Morgan fingerprint density at radius 2 is 2.14 bits per heavy atom. The molecule has 1 N–H and O–H groups in total. The van der Waals surface area contributed by atoms with Crippen LogP contribution in [-0.2, 0) is 13.0 Å². The highest BCUT2D eigenvalue weighted by atomic mass is 19.4. The van der Waals surface area contributed by atoms with Gasteiger partial charge in [0.05, 0.1) is 11.4 Å². The zero-order valence-corrected chi connectivity index (χ0v) is 11.4. The molecule has 3 rings (SSSR count). The summed E-state index contributed by atoms with van der Waals surface area (Å²) in [5.74, 6) is 0.531. The van der Waals surface area contributed by atoms with Crippen molar-refractivity contribution < 1.29 is 17.9 Å². The minimum atomic E-state index is -4.69. The molecule has 2 aromatic rings. The highest BCUT2D eigenvalue weighted by Crippen LogP contribution is 2.27. The first-order valence-electron chi connectivity index (χ1n) is 6.58. The number of ether oxygens (including phenoxy) is 1. The topological polar surface area (TPSA) is 39.1 Å². The second kappa shape index (κ2) is 5.07. The molecule has 0 unspecified atom stereocenters. The average Bonchev–Trinajstić information content (AvgIpc) is 2.72. The molecule has 112 valence electrons. The summed E-state index contributed by atoms with van der Waals surface area (Å²) in [6.45, 7) is 3.36. The van der Waals surface area contributed by atoms with Gasteiger partial charge in [-0.05, 0) is 19.1 Å². The molecule has 0 saturated carbocycles. The predicted octanol–water partition coefficient (Wildman–Crippen LogP) is 2.73. The quantitative estimate of drug-likeness (QED) is 0.926. The molecule has 0 bridgehead atoms. The molecule has 0 saturated heterocycles. The Labute approximate surface area is 119 Å². The summed E-state index contributed by atoms with van der Waals surface area (Å²) in [5, 5.41) is 3.23. The third kappa shape index (κ3) is 2.87. The van der Waals surface area contributed by atoms with Gasteiger partial charge < -0.3 is 14.6 Å². The maximum absolute atomic E-state index is 12.3. The van der Waals surface area contributed by atoms with E-state index in [-0.39, 0.29) is 5.75 Å². The van der Waals surface area contributed by atoms with E-state index in [9.17, 15) is 13.2 Å². The Kier molecular flexibility index (Phi) is 3.36. The van der Waals surface area contributed by atoms with Crippen molar-refractivity contribution in [2.24, 2.45) is 0 Å². The fourth-order valence-corrected chi connectivity index (χ4v) is 2.61. The minimum Gasteiger partial charge on any atom is -0.406 e. The molecule has 1 aliphatic heterocycles. The van der Waals surface area contributed by atoms with E-state index in [1.807, 2.05) is 11.5 Å². The number of nitrogens with one attached hydrogen (secondary N) is 1. The molecular weight excluding hydrogens is 283 g/mol. The van der Waals surface area contributed by atoms with E-state index in [4.69, 9.17) is 0 Å². The predicted molar refractivity (Wildman–Crippen MR) is 70.4 cm³/mol. The number of alkyl halides is 3. The first-order valence-corrected chi connectivity index (χ1v) is 6.58. The van der Waals surface area contributed by atoms with Gasteiger partial charge in [-0.25, -0.2) is 4.98 Å². The van der Waals surface area contributed by atoms with E-state index in [2.05, 4.69) is 15.0 Å². The van der Waals surface area contributed by atoms with Gasteiger partial charge in [-0.15, -0.1) is 13.2 Å². The summed E-state index contributed by atoms with van der Waals surface area (Å²) in [4.78, 5) is 4.47. The summed E-state index contributed by atoms with van der Waals surface area (Å²) in [7, 11) is 0. The van der Waals surface area contributed by atoms with Gasteiger partial charge in [0.25, 0.3) is 0 Å². The molecule has 21 heavy (non-hydrogen) atoms. The van der Waals surface area contributed by atoms with Crippen LogP contribution in [0.3, 0.4) is 0 Å². The highest BCUT2D eigenvalue weighted by Gasteiger charge is 2.31. The molecule has 0 aliphatic carbocycles. The Morgan fingerprint density at radius 3 is 2.90 bits per heavy atom. The number of hydrogen-bond donors (Lipinski definition) is 1. The SMILES string of the molecule is Cc1nc2c(n1-c1cccc(OC(F)(F)F)c1)CCNC2. The lowest BCUT2D eigenvalue weighted by Crippen LogP contribution is -2.24. The van der Waals surface area contributed by atoms with Crippen LogP contribution >= 0.6 is 0 Å². The second-order valence-corrected chi connectivity index (χ2v) is 4.86. The summed E-state index contributed by atoms with van der Waals surface area (Å²) in [6.07, 6.45) is -3.90. The van der Waals surface area contributed by atoms with Gasteiger partial charge in [-0.2, -0.15) is 0 Å². The maximum Gasteiger partial charge on any atom is 0.573 e. The molecule has 0 radical (unpaired) electrons. The zero-order chi connectivity index (χ0) is 15.0. The van der Waals surface area contributed by atoms with Crippen molar-refractivity contribution in [2.75, 3.05) is 6.54 Å². The molecule has 7 heteroatoms. The zero-order valence-electron chi connectivity index (χ0n) is 11.4. The van der Waals surface area contributed by atoms with Crippen LogP contribution in [0.1, 0.15) is 17.2 Å². The fraction of sp³-hybridized carbons (Fsp3) is 0.357. The molecule has 0 amide bonds. The number of benzene rings is 1. The lowest BCUT2D eigenvalue weighted by atomic mass is 10.1. The number of fused-ring (bicyclic) bond motifs is 1. The van der Waals surface area contributed by atoms with Crippen LogP contribution in [0, 0.1) is 6.92 Å². The first kappa shape index (κ1) is 13.9. The van der Waals surface area contributed by atoms with Gasteiger partial charge in [-0.3, -0.25) is 0 Å². The van der Waals surface area contributed by atoms with Crippen molar-refractivity contribution in [1.82, 2.24) is 14.9 Å². The Bertz CT molecular complexity index is 664. The number of rotatable bonds is 2. The number of aryl methyl sites for hydroxylation is 1. The maximum atomic E-state index is 12.3. The lowest BCUT2D eigenvalue weighted by molar-refractivity contribution is -0.274. The van der Waals surface area contributed by atoms with Crippen molar-refractivity contribution in [3.63, 3.8) is 0 Å². The summed E-state index contributed by atoms with van der Waals surface area (Å²) in [6, 6.07) is 5.96. The molecule has 1 aromatic carbocycles. The number of imidazole rings is 1. The van der Waals surface area contributed by atoms with Crippen molar-refractivity contribution >= 4 is 0 Å². The minimum absolute atomic E-state index is 0.226. The molecule has 2 heterocycles. The normalized spacial score (nSPS) is 14.9. The van der Waals surface area contributed by atoms with Gasteiger partial charge in [0, 0.05) is 31.3 Å². The van der Waals surface area contributed by atoms with E-state index in [0.717, 1.165) is 30.2 Å². The first-order chi connectivity index (χ1) is 9.94. The molecule has 1 aliphatic rings. The van der Waals surface area contributed by atoms with Gasteiger partial charge in [-0.1, -0.05) is 6.07 Å². The Balaban J connectivity index is 2.01. The van der Waals surface area contributed by atoms with Crippen LogP contribution in [-0.4, -0.2) is 22.5 Å². The highest BCUT2D eigenvalue weighted by molar-refractivity contribution is 5.43. The van der Waals surface area contributed by atoms with Crippen molar-refractivity contribution in [1.29, 1.82) is 0 Å². The molecule has 0 spiro atoms. The summed E-state index contributed by atoms with van der Waals surface area (Å²) >= 11 is 0. The van der Waals surface area contributed by atoms with Crippen LogP contribution in [0.5, 0.6) is 5.75 Å². The van der Waals surface area contributed by atoms with Gasteiger partial charge in [0.2, 0.25) is 0 Å². The molecule has 1 aromatic heterocycles. The summed E-state index contributed by atoms with van der Waals surface area (Å²) < 4.78 is 42.8. The van der Waals surface area contributed by atoms with Crippen molar-refractivity contribution in [2.45, 2.75) is 26.3 Å². The number of hydrogen-bond acceptors (Lipinski definition) is 3. The van der Waals surface area contributed by atoms with Crippen LogP contribution in [0.4, 0.5) is 13.2 Å². The number of halogens is 3. The third-order valence-corrected chi connectivity index (χ3v) is 3.36. The van der Waals surface area contributed by atoms with Gasteiger partial charge in [0.15, 0.2) is 0 Å². The number of nitrogens with zero attached hydrogens (tertiary/aromatic N) is 2. The standard InChI is InChI=1S/C14H14F3N3O/c1-9-19-12-8-18-6-5-13(12)20(9)10-3-2-4-11(7-10)21-14(15,16)17/h2-4,7,18H,5-6,8H2,1H3. The van der Waals surface area contributed by atoms with Crippen molar-refractivity contribution in [3.8, 4) is 11.4 Å². The Morgan fingerprint density at radius 1 is 1.33 bits per heavy atom. The van der Waals surface area contributed by atoms with Crippen LogP contribution in [0.25, 0.3) is 5.69 Å². The van der Waals surface area contributed by atoms with Crippen molar-refractivity contribution in [3.05, 3.63) is 41.5 Å². The summed E-state index contributed by atoms with van der Waals surface area (Å²) in [5.41, 5.74) is 2.61. The molecule has 4 nitrogen and oxygen atoms in total. The monoisotopic (exact) mass is 297 g/mol. The van der Waals surface area contributed by atoms with E-state index in [1.54, 1.807) is 12.1 Å². The Hall–Kier alpha value is -2.02. The second-order valence-electron chi connectivity index (χ2n) is 4.86. The third-order valence-electron chi connectivity index (χ3n) is 3.36. The lowest BCUT2D eigenvalue weighted by Gasteiger charge is -2.16. The van der Waals surface area contributed by atoms with E-state index in [1.165, 1.54) is 12.1 Å². The fourth-order valence-electron chi connectivity index (χ4n) is 2.61. The number of aromatic nitrogens is 2. The van der Waals surface area contributed by atoms with Gasteiger partial charge >= 0.3 is 6.36 Å². The van der Waals surface area contributed by atoms with Crippen LogP contribution in [0.2, 0.25) is 0 Å². The smallest absolute Gasteiger partial charge is 0.406 e. The van der Waals surface area contributed by atoms with E-state index < -0.39 is 6.36 Å². The van der Waals surface area contributed by atoms with E-state index >= 15 is 0 Å². The van der Waals surface area contributed by atoms with Gasteiger partial charge in [0.1, 0.15) is 11.6 Å². The molecule has 0 atom stereocenters. The van der Waals surface area contributed by atoms with Crippen LogP contribution in [0.15, 0.2) is 24.3 Å². The molecule has 0 fully saturated rings.